The van der Waals surface area contributed by atoms with Gasteiger partial charge >= 0.3 is 5.97 Å². The molecule has 0 atom stereocenters. The number of para-hydroxylation sites is 1. The SMILES string of the molecule is O=C(O)CN(CC1CC1)C1CC(NC(=O)c2ccccc2[N+](=O)[O-])C1. The fourth-order valence-electron chi connectivity index (χ4n) is 3.24. The number of carbonyl (C=O) groups is 2. The normalized spacial score (nSPS) is 22.3. The lowest BCUT2D eigenvalue weighted by Crippen LogP contribution is -2.55. The molecule has 2 saturated carbocycles. The number of amides is 1. The van der Waals surface area contributed by atoms with E-state index in [-0.39, 0.29) is 29.9 Å². The van der Waals surface area contributed by atoms with E-state index in [1.54, 1.807) is 6.07 Å². The highest BCUT2D eigenvalue weighted by molar-refractivity contribution is 5.98. The first-order valence-corrected chi connectivity index (χ1v) is 8.44. The largest absolute Gasteiger partial charge is 0.480 e. The number of rotatable bonds is 8. The first kappa shape index (κ1) is 17.3. The number of nitrogens with zero attached hydrogens (tertiary/aromatic N) is 2. The molecule has 1 aromatic rings. The van der Waals surface area contributed by atoms with E-state index in [0.29, 0.717) is 18.8 Å². The Bertz CT molecular complexity index is 683. The fourth-order valence-corrected chi connectivity index (χ4v) is 3.24. The summed E-state index contributed by atoms with van der Waals surface area (Å²) in [5.74, 6) is -0.698. The Kier molecular flexibility index (Phi) is 4.98. The number of nitro groups is 1. The summed E-state index contributed by atoms with van der Waals surface area (Å²) in [6.07, 6.45) is 3.65. The average Bonchev–Trinajstić information content (AvgIpc) is 3.33. The van der Waals surface area contributed by atoms with Crippen LogP contribution < -0.4 is 5.32 Å². The van der Waals surface area contributed by atoms with Gasteiger partial charge in [-0.05, 0) is 37.7 Å². The van der Waals surface area contributed by atoms with Gasteiger partial charge in [0.25, 0.3) is 11.6 Å². The predicted molar refractivity (Wildman–Crippen MR) is 89.3 cm³/mol. The molecule has 0 spiro atoms. The maximum atomic E-state index is 12.3. The van der Waals surface area contributed by atoms with Crippen molar-refractivity contribution in [1.82, 2.24) is 10.2 Å². The maximum Gasteiger partial charge on any atom is 0.317 e. The Morgan fingerprint density at radius 1 is 1.28 bits per heavy atom. The van der Waals surface area contributed by atoms with E-state index in [0.717, 1.165) is 19.4 Å². The predicted octanol–water partition coefficient (Wildman–Crippen LogP) is 1.65. The molecule has 134 valence electrons. The van der Waals surface area contributed by atoms with Gasteiger partial charge in [-0.15, -0.1) is 0 Å². The number of carboxylic acid groups (broad SMARTS) is 1. The molecule has 0 saturated heterocycles. The molecule has 0 aromatic heterocycles. The minimum Gasteiger partial charge on any atom is -0.480 e. The molecule has 8 heteroatoms. The highest BCUT2D eigenvalue weighted by Gasteiger charge is 2.38. The molecule has 0 aliphatic heterocycles. The van der Waals surface area contributed by atoms with Gasteiger partial charge in [-0.25, -0.2) is 0 Å². The Balaban J connectivity index is 1.55. The van der Waals surface area contributed by atoms with E-state index in [9.17, 15) is 19.7 Å². The molecule has 0 bridgehead atoms. The molecular formula is C17H21N3O5. The van der Waals surface area contributed by atoms with Crippen LogP contribution >= 0.6 is 0 Å². The minimum absolute atomic E-state index is 0.0198. The van der Waals surface area contributed by atoms with E-state index < -0.39 is 16.8 Å². The second-order valence-electron chi connectivity index (χ2n) is 6.84. The molecule has 0 radical (unpaired) electrons. The summed E-state index contributed by atoms with van der Waals surface area (Å²) < 4.78 is 0. The quantitative estimate of drug-likeness (QED) is 0.546. The number of aliphatic carboxylic acids is 1. The number of hydrogen-bond donors (Lipinski definition) is 2. The van der Waals surface area contributed by atoms with E-state index in [1.165, 1.54) is 18.2 Å². The highest BCUT2D eigenvalue weighted by Crippen LogP contribution is 2.34. The molecule has 25 heavy (non-hydrogen) atoms. The van der Waals surface area contributed by atoms with Gasteiger partial charge in [0.1, 0.15) is 5.56 Å². The molecular weight excluding hydrogens is 326 g/mol. The number of hydrogen-bond acceptors (Lipinski definition) is 5. The van der Waals surface area contributed by atoms with Crippen LogP contribution in [0.1, 0.15) is 36.0 Å². The van der Waals surface area contributed by atoms with Crippen LogP contribution in [-0.4, -0.2) is 52.0 Å². The van der Waals surface area contributed by atoms with Crippen LogP contribution in [0, 0.1) is 16.0 Å². The summed E-state index contributed by atoms with van der Waals surface area (Å²) in [5, 5.41) is 22.9. The first-order valence-electron chi connectivity index (χ1n) is 8.44. The summed E-state index contributed by atoms with van der Waals surface area (Å²) >= 11 is 0. The smallest absolute Gasteiger partial charge is 0.317 e. The number of carbonyl (C=O) groups excluding carboxylic acids is 1. The van der Waals surface area contributed by atoms with Crippen molar-refractivity contribution < 1.29 is 19.6 Å². The van der Waals surface area contributed by atoms with Crippen LogP contribution in [0.4, 0.5) is 5.69 Å². The van der Waals surface area contributed by atoms with Gasteiger partial charge in [-0.2, -0.15) is 0 Å². The second-order valence-corrected chi connectivity index (χ2v) is 6.84. The fraction of sp³-hybridized carbons (Fsp3) is 0.529. The van der Waals surface area contributed by atoms with Gasteiger partial charge in [-0.3, -0.25) is 24.6 Å². The summed E-state index contributed by atoms with van der Waals surface area (Å²) in [6, 6.07) is 5.93. The lowest BCUT2D eigenvalue weighted by atomic mass is 9.85. The average molecular weight is 347 g/mol. The van der Waals surface area contributed by atoms with E-state index in [2.05, 4.69) is 5.32 Å². The second kappa shape index (κ2) is 7.18. The highest BCUT2D eigenvalue weighted by atomic mass is 16.6. The molecule has 0 heterocycles. The number of nitro benzene ring substituents is 1. The molecule has 3 rings (SSSR count). The number of carboxylic acids is 1. The van der Waals surface area contributed by atoms with Gasteiger partial charge in [0.2, 0.25) is 0 Å². The van der Waals surface area contributed by atoms with Crippen LogP contribution in [0.15, 0.2) is 24.3 Å². The summed E-state index contributed by atoms with van der Waals surface area (Å²) in [5.41, 5.74) is -0.159. The zero-order valence-electron chi connectivity index (χ0n) is 13.8. The minimum atomic E-state index is -0.840. The summed E-state index contributed by atoms with van der Waals surface area (Å²) in [4.78, 5) is 35.7. The van der Waals surface area contributed by atoms with Gasteiger partial charge in [0.15, 0.2) is 0 Å². The topological polar surface area (TPSA) is 113 Å². The Labute approximate surface area is 145 Å². The van der Waals surface area contributed by atoms with Crippen molar-refractivity contribution >= 4 is 17.6 Å². The molecule has 8 nitrogen and oxygen atoms in total. The third-order valence-corrected chi connectivity index (χ3v) is 4.84. The molecule has 2 aliphatic carbocycles. The lowest BCUT2D eigenvalue weighted by molar-refractivity contribution is -0.385. The van der Waals surface area contributed by atoms with Crippen LogP contribution in [0.5, 0.6) is 0 Å². The van der Waals surface area contributed by atoms with Crippen molar-refractivity contribution in [2.75, 3.05) is 13.1 Å². The summed E-state index contributed by atoms with van der Waals surface area (Å²) in [7, 11) is 0. The van der Waals surface area contributed by atoms with Crippen LogP contribution in [0.3, 0.4) is 0 Å². The zero-order valence-corrected chi connectivity index (χ0v) is 13.8. The van der Waals surface area contributed by atoms with Gasteiger partial charge < -0.3 is 10.4 Å². The van der Waals surface area contributed by atoms with Crippen molar-refractivity contribution in [1.29, 1.82) is 0 Å². The van der Waals surface area contributed by atoms with E-state index in [1.807, 2.05) is 4.90 Å². The molecule has 1 amide bonds. The number of benzene rings is 1. The Morgan fingerprint density at radius 3 is 2.56 bits per heavy atom. The Hall–Kier alpha value is -2.48. The van der Waals surface area contributed by atoms with Crippen molar-refractivity contribution in [2.24, 2.45) is 5.92 Å². The molecule has 2 N–H and O–H groups in total. The number of nitrogens with one attached hydrogen (secondary N) is 1. The molecule has 0 unspecified atom stereocenters. The Morgan fingerprint density at radius 2 is 1.96 bits per heavy atom. The first-order chi connectivity index (χ1) is 11.9. The van der Waals surface area contributed by atoms with Crippen molar-refractivity contribution in [3.8, 4) is 0 Å². The van der Waals surface area contributed by atoms with Crippen molar-refractivity contribution in [3.05, 3.63) is 39.9 Å². The monoisotopic (exact) mass is 347 g/mol. The van der Waals surface area contributed by atoms with Crippen molar-refractivity contribution in [3.63, 3.8) is 0 Å². The van der Waals surface area contributed by atoms with Crippen LogP contribution in [-0.2, 0) is 4.79 Å². The summed E-state index contributed by atoms with van der Waals surface area (Å²) in [6.45, 7) is 0.813. The van der Waals surface area contributed by atoms with Gasteiger partial charge in [0.05, 0.1) is 11.5 Å². The molecule has 1 aromatic carbocycles. The van der Waals surface area contributed by atoms with Crippen molar-refractivity contribution in [2.45, 2.75) is 37.8 Å². The lowest BCUT2D eigenvalue weighted by Gasteiger charge is -2.42. The standard InChI is InChI=1S/C17H21N3O5/c21-16(22)10-19(9-11-5-6-11)13-7-12(8-13)18-17(23)14-3-1-2-4-15(14)20(24)25/h1-4,11-13H,5-10H2,(H,18,23)(H,21,22). The third kappa shape index (κ3) is 4.33. The van der Waals surface area contributed by atoms with Gasteiger partial charge in [0, 0.05) is 24.7 Å². The van der Waals surface area contributed by atoms with E-state index in [4.69, 9.17) is 5.11 Å². The third-order valence-electron chi connectivity index (χ3n) is 4.84. The van der Waals surface area contributed by atoms with Gasteiger partial charge in [-0.1, -0.05) is 12.1 Å². The molecule has 2 aliphatic rings. The van der Waals surface area contributed by atoms with Crippen LogP contribution in [0.25, 0.3) is 0 Å². The zero-order chi connectivity index (χ0) is 18.0. The van der Waals surface area contributed by atoms with E-state index >= 15 is 0 Å². The maximum absolute atomic E-state index is 12.3. The molecule has 2 fully saturated rings. The van der Waals surface area contributed by atoms with Crippen LogP contribution in [0.2, 0.25) is 0 Å².